The first kappa shape index (κ1) is 34.6. The molecule has 2 heterocycles. The second-order valence-electron chi connectivity index (χ2n) is 10.8. The van der Waals surface area contributed by atoms with Crippen LogP contribution in [-0.4, -0.2) is 82.6 Å². The third-order valence-corrected chi connectivity index (χ3v) is 11.3. The van der Waals surface area contributed by atoms with E-state index in [1.54, 1.807) is 50.2 Å². The standard InChI is InChI=1S/C30H34O13S3/c1-20-4-10-23(11-5-20)44(31,32)41-16-26-28-30(40-19-37-26)29(43-46(35,36)25-14-8-22(3)9-15-25)27(38-18-39-28)17-42-45(33,34)24-12-6-21(2)7-13-24/h4-15,26-30H,16-19H2,1-3H3. The van der Waals surface area contributed by atoms with Crippen LogP contribution in [-0.2, 0) is 61.9 Å². The van der Waals surface area contributed by atoms with Crippen LogP contribution in [0.15, 0.2) is 87.5 Å². The normalized spacial score (nSPS) is 24.2. The van der Waals surface area contributed by atoms with Gasteiger partial charge in [0.05, 0.1) is 27.9 Å². The summed E-state index contributed by atoms with van der Waals surface area (Å²) in [5, 5.41) is 0. The summed E-state index contributed by atoms with van der Waals surface area (Å²) in [6.07, 6.45) is -6.34. The monoisotopic (exact) mass is 698 g/mol. The molecule has 2 aliphatic rings. The highest BCUT2D eigenvalue weighted by Crippen LogP contribution is 2.31. The Bertz CT molecular complexity index is 1810. The van der Waals surface area contributed by atoms with Crippen LogP contribution in [0.4, 0.5) is 0 Å². The molecule has 0 amide bonds. The van der Waals surface area contributed by atoms with Gasteiger partial charge in [0.25, 0.3) is 30.4 Å². The lowest BCUT2D eigenvalue weighted by atomic mass is 9.99. The number of ether oxygens (including phenoxy) is 4. The Morgan fingerprint density at radius 1 is 0.522 bits per heavy atom. The van der Waals surface area contributed by atoms with Crippen LogP contribution < -0.4 is 0 Å². The van der Waals surface area contributed by atoms with E-state index in [1.807, 2.05) is 6.92 Å². The van der Waals surface area contributed by atoms with Crippen LogP contribution >= 0.6 is 0 Å². The predicted molar refractivity (Wildman–Crippen MR) is 161 cm³/mol. The molecule has 0 bridgehead atoms. The van der Waals surface area contributed by atoms with Gasteiger partial charge in [0, 0.05) is 0 Å². The van der Waals surface area contributed by atoms with E-state index in [0.29, 0.717) is 0 Å². The number of hydrogen-bond donors (Lipinski definition) is 0. The van der Waals surface area contributed by atoms with Crippen LogP contribution in [0.5, 0.6) is 0 Å². The Kier molecular flexibility index (Phi) is 10.6. The van der Waals surface area contributed by atoms with Crippen molar-refractivity contribution in [3.8, 4) is 0 Å². The third kappa shape index (κ3) is 8.20. The lowest BCUT2D eigenvalue weighted by Crippen LogP contribution is -2.57. The zero-order valence-corrected chi connectivity index (χ0v) is 27.6. The highest BCUT2D eigenvalue weighted by Gasteiger charge is 2.49. The number of aryl methyl sites for hydroxylation is 3. The topological polar surface area (TPSA) is 167 Å². The smallest absolute Gasteiger partial charge is 0.297 e. The van der Waals surface area contributed by atoms with Crippen molar-refractivity contribution < 1.29 is 56.8 Å². The van der Waals surface area contributed by atoms with E-state index in [9.17, 15) is 25.3 Å². The molecule has 13 nitrogen and oxygen atoms in total. The molecular weight excluding hydrogens is 665 g/mol. The maximum atomic E-state index is 13.4. The van der Waals surface area contributed by atoms with Crippen molar-refractivity contribution in [3.05, 3.63) is 89.5 Å². The Labute approximate surface area is 268 Å². The zero-order chi connectivity index (χ0) is 33.1. The van der Waals surface area contributed by atoms with E-state index in [0.717, 1.165) is 16.7 Å². The summed E-state index contributed by atoms with van der Waals surface area (Å²) in [6.45, 7) is 3.32. The summed E-state index contributed by atoms with van der Waals surface area (Å²) < 4.78 is 118. The van der Waals surface area contributed by atoms with E-state index in [2.05, 4.69) is 0 Å². The van der Waals surface area contributed by atoms with Gasteiger partial charge in [-0.1, -0.05) is 53.1 Å². The minimum atomic E-state index is -4.47. The van der Waals surface area contributed by atoms with Gasteiger partial charge in [-0.25, -0.2) is 0 Å². The first-order valence-electron chi connectivity index (χ1n) is 14.1. The van der Waals surface area contributed by atoms with E-state index in [-0.39, 0.29) is 14.7 Å². The molecule has 2 saturated heterocycles. The molecule has 16 heteroatoms. The van der Waals surface area contributed by atoms with Gasteiger partial charge in [-0.2, -0.15) is 25.3 Å². The van der Waals surface area contributed by atoms with E-state index in [4.69, 9.17) is 31.5 Å². The molecule has 5 atom stereocenters. The highest BCUT2D eigenvalue weighted by molar-refractivity contribution is 7.87. The summed E-state index contributed by atoms with van der Waals surface area (Å²) in [4.78, 5) is -0.341. The van der Waals surface area contributed by atoms with Gasteiger partial charge in [0.1, 0.15) is 44.1 Å². The summed E-state index contributed by atoms with van der Waals surface area (Å²) >= 11 is 0. The van der Waals surface area contributed by atoms with Crippen LogP contribution in [0.2, 0.25) is 0 Å². The maximum absolute atomic E-state index is 13.4. The molecule has 0 spiro atoms. The van der Waals surface area contributed by atoms with Gasteiger partial charge in [-0.15, -0.1) is 0 Å². The molecule has 46 heavy (non-hydrogen) atoms. The predicted octanol–water partition coefficient (Wildman–Crippen LogP) is 2.98. The number of rotatable bonds is 11. The molecule has 2 fully saturated rings. The lowest BCUT2D eigenvalue weighted by Gasteiger charge is -2.39. The summed E-state index contributed by atoms with van der Waals surface area (Å²) in [5.41, 5.74) is 2.51. The Balaban J connectivity index is 1.40. The fraction of sp³-hybridized carbons (Fsp3) is 0.400. The van der Waals surface area contributed by atoms with Crippen LogP contribution in [0.25, 0.3) is 0 Å². The van der Waals surface area contributed by atoms with Crippen LogP contribution in [0.1, 0.15) is 16.7 Å². The van der Waals surface area contributed by atoms with Gasteiger partial charge < -0.3 is 18.9 Å². The van der Waals surface area contributed by atoms with Crippen molar-refractivity contribution in [2.24, 2.45) is 0 Å². The molecule has 250 valence electrons. The zero-order valence-electron chi connectivity index (χ0n) is 25.2. The second-order valence-corrected chi connectivity index (χ2v) is 15.6. The molecule has 0 radical (unpaired) electrons. The summed E-state index contributed by atoms with van der Waals surface area (Å²) in [6, 6.07) is 17.9. The first-order chi connectivity index (χ1) is 21.7. The Morgan fingerprint density at radius 2 is 0.891 bits per heavy atom. The molecule has 5 rings (SSSR count). The third-order valence-electron chi connectivity index (χ3n) is 7.41. The van der Waals surface area contributed by atoms with Crippen molar-refractivity contribution in [3.63, 3.8) is 0 Å². The average Bonchev–Trinajstić information content (AvgIpc) is 3.19. The molecule has 5 unspecified atom stereocenters. The molecule has 0 N–H and O–H groups in total. The molecule has 3 aromatic rings. The Hall–Kier alpha value is -2.77. The van der Waals surface area contributed by atoms with Crippen LogP contribution in [0.3, 0.4) is 0 Å². The lowest BCUT2D eigenvalue weighted by molar-refractivity contribution is -0.260. The molecule has 0 aromatic heterocycles. The van der Waals surface area contributed by atoms with Gasteiger partial charge in [0.15, 0.2) is 0 Å². The second kappa shape index (κ2) is 14.1. The molecule has 2 aliphatic heterocycles. The summed E-state index contributed by atoms with van der Waals surface area (Å²) in [5.74, 6) is 0. The SMILES string of the molecule is Cc1ccc(S(=O)(=O)OCC2OCOC3C2OCOC(COS(=O)(=O)c2ccc(C)cc2)C3OS(=O)(=O)c2ccc(C)cc2)cc1. The minimum Gasteiger partial charge on any atom is -0.347 e. The average molecular weight is 699 g/mol. The van der Waals surface area contributed by atoms with Crippen molar-refractivity contribution in [2.45, 2.75) is 66.0 Å². The van der Waals surface area contributed by atoms with Gasteiger partial charge in [-0.3, -0.25) is 12.5 Å². The van der Waals surface area contributed by atoms with E-state index in [1.165, 1.54) is 36.4 Å². The fourth-order valence-corrected chi connectivity index (χ4v) is 7.71. The Morgan fingerprint density at radius 3 is 1.35 bits per heavy atom. The minimum absolute atomic E-state index is 0.0655. The van der Waals surface area contributed by atoms with Crippen molar-refractivity contribution in [1.29, 1.82) is 0 Å². The number of benzene rings is 3. The number of fused-ring (bicyclic) bond motifs is 1. The quantitative estimate of drug-likeness (QED) is 0.269. The van der Waals surface area contributed by atoms with Gasteiger partial charge in [0.2, 0.25) is 0 Å². The fourth-order valence-electron chi connectivity index (χ4n) is 4.77. The van der Waals surface area contributed by atoms with E-state index < -0.39 is 87.7 Å². The maximum Gasteiger partial charge on any atom is 0.297 e. The molecular formula is C30H34O13S3. The van der Waals surface area contributed by atoms with Gasteiger partial charge >= 0.3 is 0 Å². The molecule has 0 saturated carbocycles. The first-order valence-corrected chi connectivity index (χ1v) is 18.4. The molecule has 3 aromatic carbocycles. The van der Waals surface area contributed by atoms with Crippen molar-refractivity contribution in [1.82, 2.24) is 0 Å². The molecule has 0 aliphatic carbocycles. The van der Waals surface area contributed by atoms with Gasteiger partial charge in [-0.05, 0) is 57.2 Å². The number of hydrogen-bond acceptors (Lipinski definition) is 13. The van der Waals surface area contributed by atoms with Crippen molar-refractivity contribution in [2.75, 3.05) is 26.8 Å². The van der Waals surface area contributed by atoms with E-state index >= 15 is 0 Å². The van der Waals surface area contributed by atoms with Crippen molar-refractivity contribution >= 4 is 30.4 Å². The largest absolute Gasteiger partial charge is 0.347 e. The van der Waals surface area contributed by atoms with Crippen LogP contribution in [0, 0.1) is 20.8 Å². The summed E-state index contributed by atoms with van der Waals surface area (Å²) in [7, 11) is -12.9. The highest BCUT2D eigenvalue weighted by atomic mass is 32.2.